The van der Waals surface area contributed by atoms with Gasteiger partial charge in [-0.3, -0.25) is 10.1 Å². The van der Waals surface area contributed by atoms with Gasteiger partial charge in [0.2, 0.25) is 0 Å². The molecule has 1 fully saturated rings. The van der Waals surface area contributed by atoms with Crippen LogP contribution in [0.4, 0.5) is 11.5 Å². The highest BCUT2D eigenvalue weighted by Gasteiger charge is 2.28. The van der Waals surface area contributed by atoms with Crippen molar-refractivity contribution in [2.45, 2.75) is 19.9 Å². The Balaban J connectivity index is 2.26. The van der Waals surface area contributed by atoms with Gasteiger partial charge in [0.25, 0.3) is 5.69 Å². The Morgan fingerprint density at radius 2 is 2.29 bits per heavy atom. The number of nitrogens with zero attached hydrogens (tertiary/aromatic N) is 3. The molecule has 1 aromatic rings. The molecule has 2 heterocycles. The van der Waals surface area contributed by atoms with Crippen LogP contribution in [0.25, 0.3) is 0 Å². The van der Waals surface area contributed by atoms with Gasteiger partial charge in [-0.05, 0) is 18.4 Å². The third-order valence-electron chi connectivity index (χ3n) is 3.22. The monoisotopic (exact) mass is 236 g/mol. The quantitative estimate of drug-likeness (QED) is 0.613. The molecule has 0 bridgehead atoms. The van der Waals surface area contributed by atoms with Crippen molar-refractivity contribution in [3.8, 4) is 0 Å². The number of nitrogens with two attached hydrogens (primary N) is 1. The molecule has 0 radical (unpaired) electrons. The SMILES string of the molecule is Cc1cc([N+](=O)[O-])cnc1N1CC(C)C(N)C1. The second-order valence-corrected chi connectivity index (χ2v) is 4.64. The number of rotatable bonds is 2. The average Bonchev–Trinajstić information content (AvgIpc) is 2.58. The average molecular weight is 236 g/mol. The van der Waals surface area contributed by atoms with Crippen LogP contribution in [0.5, 0.6) is 0 Å². The minimum absolute atomic E-state index is 0.0304. The first kappa shape index (κ1) is 11.8. The third-order valence-corrected chi connectivity index (χ3v) is 3.22. The molecule has 0 amide bonds. The fraction of sp³-hybridized carbons (Fsp3) is 0.545. The lowest BCUT2D eigenvalue weighted by Crippen LogP contribution is -2.29. The van der Waals surface area contributed by atoms with E-state index in [0.29, 0.717) is 5.92 Å². The summed E-state index contributed by atoms with van der Waals surface area (Å²) in [6.07, 6.45) is 1.30. The van der Waals surface area contributed by atoms with E-state index in [2.05, 4.69) is 16.8 Å². The summed E-state index contributed by atoms with van der Waals surface area (Å²) >= 11 is 0. The summed E-state index contributed by atoms with van der Waals surface area (Å²) in [6, 6.07) is 1.70. The third kappa shape index (κ3) is 2.21. The van der Waals surface area contributed by atoms with Gasteiger partial charge in [-0.1, -0.05) is 6.92 Å². The molecular formula is C11H16N4O2. The predicted octanol–water partition coefficient (Wildman–Crippen LogP) is 1.08. The first-order valence-electron chi connectivity index (χ1n) is 5.60. The standard InChI is InChI=1S/C11H16N4O2/c1-7-3-9(15(16)17)4-13-11(7)14-5-8(2)10(12)6-14/h3-4,8,10H,5-6,12H2,1-2H3. The van der Waals surface area contributed by atoms with Gasteiger partial charge in [0, 0.05) is 25.2 Å². The van der Waals surface area contributed by atoms with E-state index >= 15 is 0 Å². The Morgan fingerprint density at radius 1 is 1.59 bits per heavy atom. The number of aryl methyl sites for hydroxylation is 1. The minimum Gasteiger partial charge on any atom is -0.355 e. The fourth-order valence-electron chi connectivity index (χ4n) is 2.15. The number of hydrogen-bond donors (Lipinski definition) is 1. The summed E-state index contributed by atoms with van der Waals surface area (Å²) in [7, 11) is 0. The molecule has 0 spiro atoms. The fourth-order valence-corrected chi connectivity index (χ4v) is 2.15. The molecule has 92 valence electrons. The smallest absolute Gasteiger partial charge is 0.287 e. The maximum Gasteiger partial charge on any atom is 0.287 e. The number of anilines is 1. The highest BCUT2D eigenvalue weighted by Crippen LogP contribution is 2.26. The lowest BCUT2D eigenvalue weighted by Gasteiger charge is -2.18. The molecule has 1 aromatic heterocycles. The number of hydrogen-bond acceptors (Lipinski definition) is 5. The Morgan fingerprint density at radius 3 is 2.76 bits per heavy atom. The summed E-state index contributed by atoms with van der Waals surface area (Å²) in [6.45, 7) is 5.55. The second kappa shape index (κ2) is 4.29. The summed E-state index contributed by atoms with van der Waals surface area (Å²) in [5.74, 6) is 1.22. The van der Waals surface area contributed by atoms with E-state index in [0.717, 1.165) is 24.5 Å². The normalized spacial score (nSPS) is 24.1. The highest BCUT2D eigenvalue weighted by atomic mass is 16.6. The van der Waals surface area contributed by atoms with E-state index in [9.17, 15) is 10.1 Å². The van der Waals surface area contributed by atoms with Crippen LogP contribution in [0, 0.1) is 23.0 Å². The van der Waals surface area contributed by atoms with Crippen molar-refractivity contribution in [2.24, 2.45) is 11.7 Å². The van der Waals surface area contributed by atoms with Crippen LogP contribution in [0.15, 0.2) is 12.3 Å². The van der Waals surface area contributed by atoms with E-state index < -0.39 is 4.92 Å². The van der Waals surface area contributed by atoms with Gasteiger partial charge in [0.05, 0.1) is 4.92 Å². The Labute approximate surface area is 99.6 Å². The number of nitro groups is 1. The molecule has 0 aromatic carbocycles. The molecule has 2 N–H and O–H groups in total. The first-order chi connectivity index (χ1) is 7.99. The van der Waals surface area contributed by atoms with Crippen molar-refractivity contribution >= 4 is 11.5 Å². The summed E-state index contributed by atoms with van der Waals surface area (Å²) in [5, 5.41) is 10.6. The highest BCUT2D eigenvalue weighted by molar-refractivity contribution is 5.51. The van der Waals surface area contributed by atoms with Gasteiger partial charge in [0.1, 0.15) is 12.0 Å². The first-order valence-corrected chi connectivity index (χ1v) is 5.60. The van der Waals surface area contributed by atoms with Crippen LogP contribution in [0.2, 0.25) is 0 Å². The van der Waals surface area contributed by atoms with Crippen LogP contribution in [0.3, 0.4) is 0 Å². The lowest BCUT2D eigenvalue weighted by molar-refractivity contribution is -0.385. The molecule has 0 saturated carbocycles. The van der Waals surface area contributed by atoms with Gasteiger partial charge in [-0.15, -0.1) is 0 Å². The van der Waals surface area contributed by atoms with E-state index in [1.807, 2.05) is 6.92 Å². The lowest BCUT2D eigenvalue weighted by atomic mass is 10.1. The van der Waals surface area contributed by atoms with Gasteiger partial charge in [-0.25, -0.2) is 4.98 Å². The molecule has 6 heteroatoms. The molecule has 1 aliphatic heterocycles. The van der Waals surface area contributed by atoms with Crippen molar-refractivity contribution in [1.29, 1.82) is 0 Å². The van der Waals surface area contributed by atoms with Crippen LogP contribution < -0.4 is 10.6 Å². The van der Waals surface area contributed by atoms with E-state index in [-0.39, 0.29) is 11.7 Å². The molecule has 2 unspecified atom stereocenters. The van der Waals surface area contributed by atoms with Crippen LogP contribution in [0.1, 0.15) is 12.5 Å². The van der Waals surface area contributed by atoms with Crippen molar-refractivity contribution in [2.75, 3.05) is 18.0 Å². The van der Waals surface area contributed by atoms with Crippen LogP contribution >= 0.6 is 0 Å². The van der Waals surface area contributed by atoms with E-state index in [4.69, 9.17) is 5.73 Å². The Hall–Kier alpha value is -1.69. The van der Waals surface area contributed by atoms with Crippen LogP contribution in [-0.4, -0.2) is 29.0 Å². The summed E-state index contributed by atoms with van der Waals surface area (Å²) in [4.78, 5) is 16.5. The van der Waals surface area contributed by atoms with Crippen molar-refractivity contribution in [1.82, 2.24) is 4.98 Å². The zero-order chi connectivity index (χ0) is 12.6. The zero-order valence-corrected chi connectivity index (χ0v) is 9.96. The maximum atomic E-state index is 10.6. The molecule has 17 heavy (non-hydrogen) atoms. The molecule has 0 aliphatic carbocycles. The molecular weight excluding hydrogens is 220 g/mol. The largest absolute Gasteiger partial charge is 0.355 e. The molecule has 2 atom stereocenters. The number of aromatic nitrogens is 1. The van der Waals surface area contributed by atoms with E-state index in [1.54, 1.807) is 6.07 Å². The maximum absolute atomic E-state index is 10.6. The second-order valence-electron chi connectivity index (χ2n) is 4.64. The van der Waals surface area contributed by atoms with Crippen LogP contribution in [-0.2, 0) is 0 Å². The van der Waals surface area contributed by atoms with Gasteiger partial charge in [-0.2, -0.15) is 0 Å². The molecule has 1 saturated heterocycles. The molecule has 1 aliphatic rings. The Bertz CT molecular complexity index is 439. The molecule has 2 rings (SSSR count). The summed E-state index contributed by atoms with van der Waals surface area (Å²) in [5.41, 5.74) is 6.81. The number of pyridine rings is 1. The topological polar surface area (TPSA) is 85.3 Å². The van der Waals surface area contributed by atoms with Crippen molar-refractivity contribution in [3.63, 3.8) is 0 Å². The zero-order valence-electron chi connectivity index (χ0n) is 9.96. The summed E-state index contributed by atoms with van der Waals surface area (Å²) < 4.78 is 0. The van der Waals surface area contributed by atoms with E-state index in [1.165, 1.54) is 6.20 Å². The van der Waals surface area contributed by atoms with Gasteiger partial charge < -0.3 is 10.6 Å². The van der Waals surface area contributed by atoms with Gasteiger partial charge in [0.15, 0.2) is 0 Å². The van der Waals surface area contributed by atoms with Crippen molar-refractivity contribution < 1.29 is 4.92 Å². The Kier molecular flexibility index (Phi) is 2.97. The predicted molar refractivity (Wildman–Crippen MR) is 65.0 cm³/mol. The minimum atomic E-state index is -0.428. The van der Waals surface area contributed by atoms with Gasteiger partial charge >= 0.3 is 0 Å². The van der Waals surface area contributed by atoms with Crippen molar-refractivity contribution in [3.05, 3.63) is 27.9 Å². The molecule has 6 nitrogen and oxygen atoms in total.